The first-order chi connectivity index (χ1) is 18.1. The van der Waals surface area contributed by atoms with Crippen LogP contribution in [0, 0.1) is 0 Å². The molecule has 0 atom stereocenters. The van der Waals surface area contributed by atoms with Crippen molar-refractivity contribution in [1.82, 2.24) is 14.9 Å². The van der Waals surface area contributed by atoms with Gasteiger partial charge in [-0.25, -0.2) is 4.98 Å². The zero-order valence-corrected chi connectivity index (χ0v) is 20.8. The molecule has 186 valence electrons. The van der Waals surface area contributed by atoms with Gasteiger partial charge in [0, 0.05) is 54.1 Å². The summed E-state index contributed by atoms with van der Waals surface area (Å²) in [5, 5.41) is 22.0. The maximum Gasteiger partial charge on any atom is 0.196 e. The molecule has 0 spiro atoms. The van der Waals surface area contributed by atoms with Crippen LogP contribution in [0.2, 0.25) is 0 Å². The molecule has 37 heavy (non-hydrogen) atoms. The second kappa shape index (κ2) is 9.55. The largest absolute Gasteiger partial charge is 0.497 e. The third kappa shape index (κ3) is 4.59. The van der Waals surface area contributed by atoms with E-state index in [1.165, 1.54) is 0 Å². The minimum absolute atomic E-state index is 0.118. The van der Waals surface area contributed by atoms with Gasteiger partial charge in [-0.2, -0.15) is 0 Å². The maximum atomic E-state index is 10.5. The first-order valence-corrected chi connectivity index (χ1v) is 12.3. The molecule has 1 fully saturated rings. The Kier molecular flexibility index (Phi) is 5.94. The number of rotatable bonds is 5. The van der Waals surface area contributed by atoms with Crippen molar-refractivity contribution in [3.05, 3.63) is 82.4 Å². The third-order valence-corrected chi connectivity index (χ3v) is 6.93. The summed E-state index contributed by atoms with van der Waals surface area (Å²) in [6, 6.07) is 15.8. The molecule has 2 aromatic carbocycles. The van der Waals surface area contributed by atoms with Gasteiger partial charge in [0.25, 0.3) is 0 Å². The monoisotopic (exact) mass is 492 g/mol. The molecule has 0 bridgehead atoms. The average Bonchev–Trinajstić information content (AvgIpc) is 3.47. The Labute approximate surface area is 214 Å². The summed E-state index contributed by atoms with van der Waals surface area (Å²) in [5.74, 6) is 1.87. The van der Waals surface area contributed by atoms with E-state index in [1.807, 2.05) is 60.8 Å². The molecule has 2 N–H and O–H groups in total. The number of nitrogens with one attached hydrogen (secondary N) is 1. The second-order valence-corrected chi connectivity index (χ2v) is 9.38. The van der Waals surface area contributed by atoms with Crippen molar-refractivity contribution in [2.45, 2.75) is 0 Å². The number of benzene rings is 2. The van der Waals surface area contributed by atoms with Gasteiger partial charge in [0.05, 0.1) is 18.5 Å². The molecule has 0 unspecified atom stereocenters. The van der Waals surface area contributed by atoms with E-state index in [9.17, 15) is 5.11 Å². The molecule has 0 saturated carbocycles. The molecule has 0 radical (unpaired) electrons. The lowest BCUT2D eigenvalue weighted by Crippen LogP contribution is -2.44. The topological polar surface area (TPSA) is 89.3 Å². The highest BCUT2D eigenvalue weighted by Gasteiger charge is 2.15. The highest BCUT2D eigenvalue weighted by atomic mass is 16.5. The average molecular weight is 493 g/mol. The second-order valence-electron chi connectivity index (χ2n) is 9.38. The predicted molar refractivity (Wildman–Crippen MR) is 147 cm³/mol. The number of aromatic nitrogens is 2. The number of anilines is 1. The summed E-state index contributed by atoms with van der Waals surface area (Å²) in [6.45, 7) is 4.12. The summed E-state index contributed by atoms with van der Waals surface area (Å²) in [4.78, 5) is 12.3. The number of H-pyrrole nitrogens is 1. The summed E-state index contributed by atoms with van der Waals surface area (Å²) in [5.41, 5.74) is 4.18. The molecule has 4 heterocycles. The third-order valence-electron chi connectivity index (χ3n) is 6.93. The summed E-state index contributed by atoms with van der Waals surface area (Å²) in [7, 11) is 3.78. The molecule has 4 aromatic rings. The Bertz CT molecular complexity index is 1640. The van der Waals surface area contributed by atoms with Crippen LogP contribution in [0.3, 0.4) is 0 Å². The Hall–Kier alpha value is -4.43. The number of azo groups is 1. The van der Waals surface area contributed by atoms with Crippen molar-refractivity contribution in [2.24, 2.45) is 10.2 Å². The normalized spacial score (nSPS) is 16.3. The van der Waals surface area contributed by atoms with Gasteiger partial charge in [0.15, 0.2) is 5.88 Å². The Balaban J connectivity index is 1.25. The van der Waals surface area contributed by atoms with Gasteiger partial charge < -0.3 is 24.6 Å². The molecule has 1 saturated heterocycles. The van der Waals surface area contributed by atoms with E-state index in [2.05, 4.69) is 49.2 Å². The molecular weight excluding hydrogens is 464 g/mol. The van der Waals surface area contributed by atoms with Crippen LogP contribution in [0.4, 0.5) is 11.5 Å². The fourth-order valence-corrected chi connectivity index (χ4v) is 4.73. The minimum Gasteiger partial charge on any atom is -0.497 e. The van der Waals surface area contributed by atoms with Crippen LogP contribution in [-0.2, 0) is 0 Å². The number of likely N-dealkylation sites (N-methyl/N-ethyl adjacent to an activating group) is 1. The lowest BCUT2D eigenvalue weighted by atomic mass is 10.1. The van der Waals surface area contributed by atoms with Gasteiger partial charge in [0.2, 0.25) is 0 Å². The quantitative estimate of drug-likeness (QED) is 0.443. The van der Waals surface area contributed by atoms with E-state index in [-0.39, 0.29) is 5.88 Å². The van der Waals surface area contributed by atoms with Crippen LogP contribution >= 0.6 is 0 Å². The Morgan fingerprint density at radius 3 is 2.62 bits per heavy atom. The molecule has 8 heteroatoms. The molecule has 2 aliphatic heterocycles. The molecule has 2 aromatic heterocycles. The molecule has 8 nitrogen and oxygen atoms in total. The van der Waals surface area contributed by atoms with E-state index < -0.39 is 0 Å². The number of ether oxygens (including phenoxy) is 1. The summed E-state index contributed by atoms with van der Waals surface area (Å²) >= 11 is 0. The molecule has 0 amide bonds. The zero-order valence-electron chi connectivity index (χ0n) is 20.8. The van der Waals surface area contributed by atoms with E-state index in [0.29, 0.717) is 5.56 Å². The fraction of sp³-hybridized carbons (Fsp3) is 0.207. The number of hydrogen-bond acceptors (Lipinski definition) is 7. The number of methoxy groups -OCH3 is 1. The minimum atomic E-state index is 0.118. The highest BCUT2D eigenvalue weighted by Crippen LogP contribution is 2.30. The van der Waals surface area contributed by atoms with Crippen molar-refractivity contribution in [3.8, 4) is 11.6 Å². The van der Waals surface area contributed by atoms with Gasteiger partial charge in [-0.05, 0) is 72.4 Å². The van der Waals surface area contributed by atoms with E-state index in [1.54, 1.807) is 7.11 Å². The van der Waals surface area contributed by atoms with Crippen molar-refractivity contribution in [1.29, 1.82) is 0 Å². The first-order valence-electron chi connectivity index (χ1n) is 12.3. The standard InChI is InChI=1S/C29H28N6O2/c1-34-11-13-35(14-12-34)28-10-5-19(18-30-28)4-8-26-22-7-3-20(16-27(22)33-32-26)15-24-23-17-21(37-2)6-9-25(23)31-29(24)36/h3-10,15-18,31,36H,11-14H2,1-2H3. The van der Waals surface area contributed by atoms with Crippen LogP contribution in [0.5, 0.6) is 11.6 Å². The molecule has 2 aliphatic rings. The number of hydrogen-bond donors (Lipinski definition) is 2. The van der Waals surface area contributed by atoms with E-state index in [0.717, 1.165) is 76.0 Å². The number of aromatic hydroxyl groups is 1. The summed E-state index contributed by atoms with van der Waals surface area (Å²) in [6.07, 6.45) is 7.83. The van der Waals surface area contributed by atoms with Crippen LogP contribution < -0.4 is 20.1 Å². The zero-order chi connectivity index (χ0) is 25.4. The van der Waals surface area contributed by atoms with E-state index in [4.69, 9.17) is 4.74 Å². The number of fused-ring (bicyclic) bond motifs is 2. The van der Waals surface area contributed by atoms with Crippen LogP contribution in [0.15, 0.2) is 71.0 Å². The van der Waals surface area contributed by atoms with Crippen LogP contribution in [-0.4, -0.2) is 60.3 Å². The molecule has 0 aliphatic carbocycles. The Morgan fingerprint density at radius 2 is 1.84 bits per heavy atom. The SMILES string of the molecule is COc1ccc2[nH]c(O)c(C=c3ccc4c(c3)N=NC=4C=Cc3ccc(N4CCN(C)CC4)nc3)c2c1. The van der Waals surface area contributed by atoms with Gasteiger partial charge in [-0.1, -0.05) is 12.1 Å². The van der Waals surface area contributed by atoms with Crippen LogP contribution in [0.25, 0.3) is 28.8 Å². The van der Waals surface area contributed by atoms with Crippen molar-refractivity contribution >= 4 is 40.3 Å². The van der Waals surface area contributed by atoms with Crippen molar-refractivity contribution < 1.29 is 9.84 Å². The number of piperazine rings is 1. The number of pyridine rings is 1. The van der Waals surface area contributed by atoms with Crippen LogP contribution in [0.1, 0.15) is 11.1 Å². The lowest BCUT2D eigenvalue weighted by molar-refractivity contribution is 0.312. The first kappa shape index (κ1) is 23.0. The Morgan fingerprint density at radius 1 is 0.973 bits per heavy atom. The van der Waals surface area contributed by atoms with Gasteiger partial charge in [0.1, 0.15) is 11.6 Å². The van der Waals surface area contributed by atoms with Crippen molar-refractivity contribution in [2.75, 3.05) is 45.2 Å². The summed E-state index contributed by atoms with van der Waals surface area (Å²) < 4.78 is 5.35. The molecule has 6 rings (SSSR count). The van der Waals surface area contributed by atoms with Gasteiger partial charge in [-0.3, -0.25) is 0 Å². The number of aromatic amines is 1. The van der Waals surface area contributed by atoms with Gasteiger partial charge in [-0.15, -0.1) is 10.2 Å². The number of nitrogens with zero attached hydrogens (tertiary/aromatic N) is 5. The maximum absolute atomic E-state index is 10.5. The fourth-order valence-electron chi connectivity index (χ4n) is 4.73. The molecular formula is C29H28N6O2. The highest BCUT2D eigenvalue weighted by molar-refractivity contribution is 5.92. The van der Waals surface area contributed by atoms with Gasteiger partial charge >= 0.3 is 0 Å². The lowest BCUT2D eigenvalue weighted by Gasteiger charge is -2.33. The predicted octanol–water partition coefficient (Wildman–Crippen LogP) is 3.78. The van der Waals surface area contributed by atoms with E-state index >= 15 is 0 Å². The smallest absolute Gasteiger partial charge is 0.196 e. The van der Waals surface area contributed by atoms with Crippen molar-refractivity contribution in [3.63, 3.8) is 0 Å².